The van der Waals surface area contributed by atoms with Crippen LogP contribution in [0, 0.1) is 0 Å². The molecule has 0 bridgehead atoms. The van der Waals surface area contributed by atoms with Crippen molar-refractivity contribution in [3.8, 4) is 0 Å². The SMILES string of the molecule is CCN(CC(=O)Nc1ccc(N2CCOCC2)cc1)C(=O)C=Cc1cccnc1. The van der Waals surface area contributed by atoms with Crippen LogP contribution in [-0.4, -0.2) is 61.1 Å². The maximum absolute atomic E-state index is 12.4. The van der Waals surface area contributed by atoms with E-state index in [1.165, 1.54) is 11.0 Å². The molecule has 0 saturated carbocycles. The van der Waals surface area contributed by atoms with Crippen LogP contribution in [-0.2, 0) is 14.3 Å². The number of carbonyl (C=O) groups is 2. The van der Waals surface area contributed by atoms with E-state index in [1.54, 1.807) is 24.5 Å². The molecule has 1 aliphatic rings. The smallest absolute Gasteiger partial charge is 0.247 e. The van der Waals surface area contributed by atoms with Gasteiger partial charge in [0.05, 0.1) is 13.2 Å². The maximum Gasteiger partial charge on any atom is 0.247 e. The second kappa shape index (κ2) is 10.4. The summed E-state index contributed by atoms with van der Waals surface area (Å²) in [5.41, 5.74) is 2.65. The number of hydrogen-bond donors (Lipinski definition) is 1. The minimum atomic E-state index is -0.228. The molecule has 2 heterocycles. The highest BCUT2D eigenvalue weighted by Crippen LogP contribution is 2.19. The van der Waals surface area contributed by atoms with E-state index >= 15 is 0 Å². The first-order valence-electron chi connectivity index (χ1n) is 9.75. The lowest BCUT2D eigenvalue weighted by Crippen LogP contribution is -2.37. The molecule has 1 aromatic carbocycles. The molecule has 0 unspecified atom stereocenters. The standard InChI is InChI=1S/C22H26N4O3/c1-2-25(22(28)10-5-18-4-3-11-23-16-18)17-21(27)24-19-6-8-20(9-7-19)26-12-14-29-15-13-26/h3-11,16H,2,12-15,17H2,1H3,(H,24,27). The van der Waals surface area contributed by atoms with Crippen LogP contribution < -0.4 is 10.2 Å². The Balaban J connectivity index is 1.52. The molecule has 1 aromatic heterocycles. The third-order valence-corrected chi connectivity index (χ3v) is 4.66. The average Bonchev–Trinajstić information content (AvgIpc) is 2.77. The molecule has 1 N–H and O–H groups in total. The Hall–Kier alpha value is -3.19. The molecule has 1 aliphatic heterocycles. The summed E-state index contributed by atoms with van der Waals surface area (Å²) in [5, 5.41) is 2.86. The number of likely N-dealkylation sites (N-methyl/N-ethyl adjacent to an activating group) is 1. The zero-order valence-corrected chi connectivity index (χ0v) is 16.6. The Morgan fingerprint density at radius 1 is 1.21 bits per heavy atom. The summed E-state index contributed by atoms with van der Waals surface area (Å²) >= 11 is 0. The van der Waals surface area contributed by atoms with Crippen LogP contribution in [0.5, 0.6) is 0 Å². The molecule has 7 nitrogen and oxygen atoms in total. The number of morpholine rings is 1. The van der Waals surface area contributed by atoms with E-state index in [1.807, 2.05) is 37.3 Å². The third kappa shape index (κ3) is 6.15. The second-order valence-electron chi connectivity index (χ2n) is 6.67. The Morgan fingerprint density at radius 3 is 2.62 bits per heavy atom. The van der Waals surface area contributed by atoms with Gasteiger partial charge in [-0.05, 0) is 48.9 Å². The number of aromatic nitrogens is 1. The monoisotopic (exact) mass is 394 g/mol. The zero-order valence-electron chi connectivity index (χ0n) is 16.6. The molecule has 2 aromatic rings. The highest BCUT2D eigenvalue weighted by atomic mass is 16.5. The lowest BCUT2D eigenvalue weighted by molar-refractivity contribution is -0.130. The van der Waals surface area contributed by atoms with E-state index in [9.17, 15) is 9.59 Å². The van der Waals surface area contributed by atoms with Crippen LogP contribution >= 0.6 is 0 Å². The van der Waals surface area contributed by atoms with Gasteiger partial charge in [-0.2, -0.15) is 0 Å². The summed E-state index contributed by atoms with van der Waals surface area (Å²) in [4.78, 5) is 32.5. The van der Waals surface area contributed by atoms with Gasteiger partial charge in [-0.3, -0.25) is 14.6 Å². The number of pyridine rings is 1. The molecule has 0 spiro atoms. The van der Waals surface area contributed by atoms with E-state index in [-0.39, 0.29) is 18.4 Å². The van der Waals surface area contributed by atoms with Crippen LogP contribution in [0.2, 0.25) is 0 Å². The Kier molecular flexibility index (Phi) is 7.35. The van der Waals surface area contributed by atoms with Crippen molar-refractivity contribution in [2.75, 3.05) is 49.6 Å². The first kappa shape index (κ1) is 20.5. The molecule has 3 rings (SSSR count). The highest BCUT2D eigenvalue weighted by Gasteiger charge is 2.14. The van der Waals surface area contributed by atoms with Crippen molar-refractivity contribution in [2.45, 2.75) is 6.92 Å². The molecule has 0 aliphatic carbocycles. The van der Waals surface area contributed by atoms with Gasteiger partial charge < -0.3 is 19.9 Å². The van der Waals surface area contributed by atoms with Crippen LogP contribution in [0.15, 0.2) is 54.9 Å². The van der Waals surface area contributed by atoms with E-state index in [0.29, 0.717) is 12.2 Å². The summed E-state index contributed by atoms with van der Waals surface area (Å²) in [5.74, 6) is -0.441. The Bertz CT molecular complexity index is 831. The van der Waals surface area contributed by atoms with E-state index in [0.717, 1.165) is 37.6 Å². The van der Waals surface area contributed by atoms with Gasteiger partial charge in [0.2, 0.25) is 11.8 Å². The molecule has 1 saturated heterocycles. The molecular formula is C22H26N4O3. The number of amides is 2. The fourth-order valence-corrected chi connectivity index (χ4v) is 3.04. The normalized spacial score (nSPS) is 14.0. The van der Waals surface area contributed by atoms with Crippen molar-refractivity contribution >= 4 is 29.3 Å². The van der Waals surface area contributed by atoms with Crippen LogP contribution in [0.25, 0.3) is 6.08 Å². The van der Waals surface area contributed by atoms with Crippen molar-refractivity contribution in [2.24, 2.45) is 0 Å². The second-order valence-corrected chi connectivity index (χ2v) is 6.67. The van der Waals surface area contributed by atoms with Gasteiger partial charge in [0, 0.05) is 49.5 Å². The summed E-state index contributed by atoms with van der Waals surface area (Å²) < 4.78 is 5.37. The minimum absolute atomic E-state index is 0.00206. The number of benzene rings is 1. The van der Waals surface area contributed by atoms with Gasteiger partial charge in [-0.15, -0.1) is 0 Å². The molecule has 1 fully saturated rings. The first-order chi connectivity index (χ1) is 14.2. The maximum atomic E-state index is 12.4. The van der Waals surface area contributed by atoms with Gasteiger partial charge in [0.25, 0.3) is 0 Å². The van der Waals surface area contributed by atoms with Gasteiger partial charge in [0.1, 0.15) is 6.54 Å². The number of nitrogens with one attached hydrogen (secondary N) is 1. The van der Waals surface area contributed by atoms with Gasteiger partial charge >= 0.3 is 0 Å². The molecule has 0 radical (unpaired) electrons. The van der Waals surface area contributed by atoms with E-state index in [2.05, 4.69) is 15.2 Å². The Morgan fingerprint density at radius 2 is 1.97 bits per heavy atom. The highest BCUT2D eigenvalue weighted by molar-refractivity contribution is 5.98. The predicted octanol–water partition coefficient (Wildman–Crippen LogP) is 2.42. The minimum Gasteiger partial charge on any atom is -0.378 e. The van der Waals surface area contributed by atoms with E-state index in [4.69, 9.17) is 4.74 Å². The number of anilines is 2. The molecule has 2 amide bonds. The van der Waals surface area contributed by atoms with Crippen molar-refractivity contribution in [1.82, 2.24) is 9.88 Å². The molecule has 7 heteroatoms. The number of nitrogens with zero attached hydrogens (tertiary/aromatic N) is 3. The van der Waals surface area contributed by atoms with Crippen molar-refractivity contribution in [1.29, 1.82) is 0 Å². The van der Waals surface area contributed by atoms with E-state index < -0.39 is 0 Å². The van der Waals surface area contributed by atoms with Gasteiger partial charge in [-0.1, -0.05) is 6.07 Å². The molecule has 152 valence electrons. The first-order valence-corrected chi connectivity index (χ1v) is 9.75. The largest absolute Gasteiger partial charge is 0.378 e. The number of hydrogen-bond acceptors (Lipinski definition) is 5. The average molecular weight is 394 g/mol. The molecule has 29 heavy (non-hydrogen) atoms. The van der Waals surface area contributed by atoms with Crippen LogP contribution in [0.1, 0.15) is 12.5 Å². The fourth-order valence-electron chi connectivity index (χ4n) is 3.04. The van der Waals surface area contributed by atoms with Crippen molar-refractivity contribution in [3.05, 3.63) is 60.4 Å². The van der Waals surface area contributed by atoms with Crippen molar-refractivity contribution in [3.63, 3.8) is 0 Å². The molecule has 0 atom stereocenters. The number of carbonyl (C=O) groups excluding carboxylic acids is 2. The summed E-state index contributed by atoms with van der Waals surface area (Å²) in [6.45, 7) is 5.48. The fraction of sp³-hybridized carbons (Fsp3) is 0.318. The topological polar surface area (TPSA) is 74.8 Å². The van der Waals surface area contributed by atoms with Crippen molar-refractivity contribution < 1.29 is 14.3 Å². The van der Waals surface area contributed by atoms with Crippen LogP contribution in [0.4, 0.5) is 11.4 Å². The third-order valence-electron chi connectivity index (χ3n) is 4.66. The predicted molar refractivity (Wildman–Crippen MR) is 114 cm³/mol. The number of rotatable bonds is 7. The summed E-state index contributed by atoms with van der Waals surface area (Å²) in [7, 11) is 0. The quantitative estimate of drug-likeness (QED) is 0.730. The summed E-state index contributed by atoms with van der Waals surface area (Å²) in [6.07, 6.45) is 6.51. The number of ether oxygens (including phenoxy) is 1. The van der Waals surface area contributed by atoms with Gasteiger partial charge in [-0.25, -0.2) is 0 Å². The van der Waals surface area contributed by atoms with Crippen LogP contribution in [0.3, 0.4) is 0 Å². The zero-order chi connectivity index (χ0) is 20.5. The van der Waals surface area contributed by atoms with Gasteiger partial charge in [0.15, 0.2) is 0 Å². The Labute approximate surface area is 171 Å². The lowest BCUT2D eigenvalue weighted by atomic mass is 10.2. The summed E-state index contributed by atoms with van der Waals surface area (Å²) in [6, 6.07) is 11.4. The molecular weight excluding hydrogens is 368 g/mol. The lowest BCUT2D eigenvalue weighted by Gasteiger charge is -2.29.